The van der Waals surface area contributed by atoms with Crippen molar-refractivity contribution >= 4 is 33.3 Å². The maximum Gasteiger partial charge on any atom is 0.274 e. The Morgan fingerprint density at radius 3 is 2.78 bits per heavy atom. The highest BCUT2D eigenvalue weighted by molar-refractivity contribution is 9.10. The monoisotopic (exact) mass is 309 g/mol. The standard InChI is InChI=1S/C12H9BrFN3O/c13-7-4-5-9(8(14)6-7)17-12(18)10-2-1-3-11(15)16-10/h1-6H,(H2,15,16)(H,17,18). The van der Waals surface area contributed by atoms with Crippen molar-refractivity contribution in [3.05, 3.63) is 52.4 Å². The van der Waals surface area contributed by atoms with Gasteiger partial charge in [0, 0.05) is 4.47 Å². The molecule has 0 saturated heterocycles. The van der Waals surface area contributed by atoms with Gasteiger partial charge in [0.05, 0.1) is 5.69 Å². The maximum absolute atomic E-state index is 13.5. The molecule has 1 amide bonds. The first-order valence-electron chi connectivity index (χ1n) is 5.05. The van der Waals surface area contributed by atoms with Crippen LogP contribution in [0.15, 0.2) is 40.9 Å². The lowest BCUT2D eigenvalue weighted by molar-refractivity contribution is 0.102. The number of nitrogens with one attached hydrogen (secondary N) is 1. The number of carbonyl (C=O) groups excluding carboxylic acids is 1. The van der Waals surface area contributed by atoms with Gasteiger partial charge in [0.1, 0.15) is 17.3 Å². The lowest BCUT2D eigenvalue weighted by atomic mass is 10.3. The third-order valence-corrected chi connectivity index (χ3v) is 2.68. The van der Waals surface area contributed by atoms with Crippen molar-refractivity contribution in [1.82, 2.24) is 4.98 Å². The average molecular weight is 310 g/mol. The van der Waals surface area contributed by atoms with Gasteiger partial charge in [0.2, 0.25) is 0 Å². The summed E-state index contributed by atoms with van der Waals surface area (Å²) in [5.74, 6) is -0.802. The molecule has 0 aliphatic carbocycles. The summed E-state index contributed by atoms with van der Waals surface area (Å²) in [6.45, 7) is 0. The minimum Gasteiger partial charge on any atom is -0.384 e. The molecule has 0 spiro atoms. The van der Waals surface area contributed by atoms with Crippen LogP contribution in [0.25, 0.3) is 0 Å². The number of halogens is 2. The van der Waals surface area contributed by atoms with E-state index < -0.39 is 11.7 Å². The Morgan fingerprint density at radius 1 is 1.33 bits per heavy atom. The SMILES string of the molecule is Nc1cccc(C(=O)Nc2ccc(Br)cc2F)n1. The molecule has 0 unspecified atom stereocenters. The molecule has 0 aliphatic rings. The van der Waals surface area contributed by atoms with Gasteiger partial charge in [-0.2, -0.15) is 0 Å². The van der Waals surface area contributed by atoms with E-state index in [-0.39, 0.29) is 17.2 Å². The van der Waals surface area contributed by atoms with E-state index in [4.69, 9.17) is 5.73 Å². The number of nitrogens with two attached hydrogens (primary N) is 1. The second-order valence-electron chi connectivity index (χ2n) is 3.53. The predicted molar refractivity (Wildman–Crippen MR) is 70.7 cm³/mol. The van der Waals surface area contributed by atoms with Crippen LogP contribution in [0.1, 0.15) is 10.5 Å². The number of nitrogen functional groups attached to an aromatic ring is 1. The first kappa shape index (κ1) is 12.5. The van der Waals surface area contributed by atoms with E-state index in [0.29, 0.717) is 4.47 Å². The van der Waals surface area contributed by atoms with E-state index in [9.17, 15) is 9.18 Å². The minimum atomic E-state index is -0.526. The first-order chi connectivity index (χ1) is 8.56. The van der Waals surface area contributed by atoms with Crippen LogP contribution in [-0.4, -0.2) is 10.9 Å². The third-order valence-electron chi connectivity index (χ3n) is 2.18. The quantitative estimate of drug-likeness (QED) is 0.896. The number of aromatic nitrogens is 1. The first-order valence-corrected chi connectivity index (χ1v) is 5.84. The van der Waals surface area contributed by atoms with Crippen molar-refractivity contribution in [3.8, 4) is 0 Å². The van der Waals surface area contributed by atoms with Crippen molar-refractivity contribution < 1.29 is 9.18 Å². The largest absolute Gasteiger partial charge is 0.384 e. The van der Waals surface area contributed by atoms with Crippen LogP contribution in [0.5, 0.6) is 0 Å². The van der Waals surface area contributed by atoms with Gasteiger partial charge >= 0.3 is 0 Å². The van der Waals surface area contributed by atoms with E-state index in [1.807, 2.05) is 0 Å². The van der Waals surface area contributed by atoms with Crippen LogP contribution in [-0.2, 0) is 0 Å². The van der Waals surface area contributed by atoms with Gasteiger partial charge in [-0.3, -0.25) is 4.79 Å². The number of pyridine rings is 1. The van der Waals surface area contributed by atoms with E-state index in [1.165, 1.54) is 18.2 Å². The Balaban J connectivity index is 2.21. The molecular weight excluding hydrogens is 301 g/mol. The summed E-state index contributed by atoms with van der Waals surface area (Å²) >= 11 is 3.14. The van der Waals surface area contributed by atoms with Gasteiger partial charge in [-0.25, -0.2) is 9.37 Å². The van der Waals surface area contributed by atoms with Crippen LogP contribution >= 0.6 is 15.9 Å². The zero-order valence-electron chi connectivity index (χ0n) is 9.15. The van der Waals surface area contributed by atoms with Gasteiger partial charge in [0.15, 0.2) is 0 Å². The molecule has 1 heterocycles. The van der Waals surface area contributed by atoms with Crippen LogP contribution in [0, 0.1) is 5.82 Å². The summed E-state index contributed by atoms with van der Waals surface area (Å²) < 4.78 is 14.1. The molecule has 0 bridgehead atoms. The highest BCUT2D eigenvalue weighted by Crippen LogP contribution is 2.19. The van der Waals surface area contributed by atoms with Gasteiger partial charge in [-0.05, 0) is 30.3 Å². The normalized spacial score (nSPS) is 10.1. The van der Waals surface area contributed by atoms with E-state index >= 15 is 0 Å². The summed E-state index contributed by atoms with van der Waals surface area (Å²) in [7, 11) is 0. The molecule has 3 N–H and O–H groups in total. The Bertz CT molecular complexity index is 604. The molecule has 2 aromatic rings. The summed E-state index contributed by atoms with van der Waals surface area (Å²) in [4.78, 5) is 15.6. The van der Waals surface area contributed by atoms with Gasteiger partial charge in [-0.1, -0.05) is 22.0 Å². The molecule has 0 saturated carbocycles. The highest BCUT2D eigenvalue weighted by atomic mass is 79.9. The third kappa shape index (κ3) is 2.84. The van der Waals surface area contributed by atoms with E-state index in [0.717, 1.165) is 0 Å². The highest BCUT2D eigenvalue weighted by Gasteiger charge is 2.10. The molecule has 0 atom stereocenters. The molecule has 1 aromatic carbocycles. The zero-order valence-corrected chi connectivity index (χ0v) is 10.7. The number of nitrogens with zero attached hydrogens (tertiary/aromatic N) is 1. The predicted octanol–water partition coefficient (Wildman–Crippen LogP) is 2.82. The van der Waals surface area contributed by atoms with Crippen LogP contribution in [0.2, 0.25) is 0 Å². The zero-order chi connectivity index (χ0) is 13.1. The van der Waals surface area contributed by atoms with E-state index in [1.54, 1.807) is 18.2 Å². The fraction of sp³-hybridized carbons (Fsp3) is 0. The molecule has 0 aliphatic heterocycles. The number of rotatable bonds is 2. The Kier molecular flexibility index (Phi) is 3.57. The van der Waals surface area contributed by atoms with Crippen molar-refractivity contribution in [2.45, 2.75) is 0 Å². The maximum atomic E-state index is 13.5. The number of benzene rings is 1. The van der Waals surface area contributed by atoms with Crippen LogP contribution in [0.4, 0.5) is 15.9 Å². The van der Waals surface area contributed by atoms with Gasteiger partial charge in [0.25, 0.3) is 5.91 Å². The Labute approximate surface area is 111 Å². The fourth-order valence-corrected chi connectivity index (χ4v) is 1.69. The van der Waals surface area contributed by atoms with Crippen LogP contribution < -0.4 is 11.1 Å². The average Bonchev–Trinajstić information content (AvgIpc) is 2.32. The Morgan fingerprint density at radius 2 is 2.11 bits per heavy atom. The summed E-state index contributed by atoms with van der Waals surface area (Å²) in [5, 5.41) is 2.43. The van der Waals surface area contributed by atoms with Crippen molar-refractivity contribution in [2.75, 3.05) is 11.1 Å². The summed E-state index contributed by atoms with van der Waals surface area (Å²) in [6, 6.07) is 9.03. The number of hydrogen-bond acceptors (Lipinski definition) is 3. The summed E-state index contributed by atoms with van der Waals surface area (Å²) in [6.07, 6.45) is 0. The molecule has 2 rings (SSSR count). The number of anilines is 2. The molecule has 6 heteroatoms. The van der Waals surface area contributed by atoms with Crippen molar-refractivity contribution in [2.24, 2.45) is 0 Å². The van der Waals surface area contributed by atoms with Gasteiger partial charge < -0.3 is 11.1 Å². The fourth-order valence-electron chi connectivity index (χ4n) is 1.36. The van der Waals surface area contributed by atoms with E-state index in [2.05, 4.69) is 26.2 Å². The minimum absolute atomic E-state index is 0.0902. The second kappa shape index (κ2) is 5.14. The number of amides is 1. The number of hydrogen-bond donors (Lipinski definition) is 2. The molecule has 4 nitrogen and oxygen atoms in total. The summed E-state index contributed by atoms with van der Waals surface area (Å²) in [5.41, 5.74) is 5.69. The van der Waals surface area contributed by atoms with Crippen molar-refractivity contribution in [1.29, 1.82) is 0 Å². The van der Waals surface area contributed by atoms with Crippen molar-refractivity contribution in [3.63, 3.8) is 0 Å². The molecular formula is C12H9BrFN3O. The van der Waals surface area contributed by atoms with Gasteiger partial charge in [-0.15, -0.1) is 0 Å². The molecule has 92 valence electrons. The lowest BCUT2D eigenvalue weighted by Crippen LogP contribution is -2.15. The Hall–Kier alpha value is -1.95. The topological polar surface area (TPSA) is 68.0 Å². The molecule has 0 fully saturated rings. The van der Waals surface area contributed by atoms with Crippen LogP contribution in [0.3, 0.4) is 0 Å². The lowest BCUT2D eigenvalue weighted by Gasteiger charge is -2.06. The number of carbonyl (C=O) groups is 1. The molecule has 18 heavy (non-hydrogen) atoms. The molecule has 0 radical (unpaired) electrons. The smallest absolute Gasteiger partial charge is 0.274 e. The second-order valence-corrected chi connectivity index (χ2v) is 4.44. The molecule has 1 aromatic heterocycles.